The number of nitrogens with zero attached hydrogens (tertiary/aromatic N) is 4. The van der Waals surface area contributed by atoms with Crippen molar-refractivity contribution in [3.8, 4) is 11.6 Å². The second kappa shape index (κ2) is 7.97. The number of aromatic nitrogens is 4. The standard InChI is InChI=1S/C21H21FN6O3/c1-12-5-6-17(31-12)20-27-21(23)26-19-16(9-24-28(19)20)25-15-4-2-3-13(18(15)22)10-30-14-7-8-29-11-14/h2-6,9,14,25H,7-8,10-11H2,1H3,(H2,23,26). The Kier molecular flexibility index (Phi) is 5.00. The Labute approximate surface area is 177 Å². The molecule has 10 heteroatoms. The van der Waals surface area contributed by atoms with Crippen molar-refractivity contribution in [3.63, 3.8) is 0 Å². The summed E-state index contributed by atoms with van der Waals surface area (Å²) in [6.07, 6.45) is 2.36. The number of hydrogen-bond acceptors (Lipinski definition) is 8. The van der Waals surface area contributed by atoms with Crippen LogP contribution in [-0.2, 0) is 16.1 Å². The first-order valence-corrected chi connectivity index (χ1v) is 9.90. The predicted octanol–water partition coefficient (Wildman–Crippen LogP) is 3.46. The number of nitrogens with one attached hydrogen (secondary N) is 1. The molecule has 1 aliphatic rings. The molecule has 9 nitrogen and oxygen atoms in total. The van der Waals surface area contributed by atoms with Crippen molar-refractivity contribution < 1.29 is 18.3 Å². The number of benzene rings is 1. The van der Waals surface area contributed by atoms with Gasteiger partial charge in [0, 0.05) is 12.2 Å². The molecule has 0 bridgehead atoms. The maximum absolute atomic E-state index is 15.1. The zero-order valence-corrected chi connectivity index (χ0v) is 16.8. The van der Waals surface area contributed by atoms with Gasteiger partial charge in [-0.15, -0.1) is 0 Å². The molecule has 1 fully saturated rings. The van der Waals surface area contributed by atoms with Gasteiger partial charge in [-0.05, 0) is 31.5 Å². The lowest BCUT2D eigenvalue weighted by molar-refractivity contribution is 0.0305. The molecule has 3 aromatic heterocycles. The van der Waals surface area contributed by atoms with E-state index >= 15 is 4.39 Å². The van der Waals surface area contributed by atoms with E-state index in [-0.39, 0.29) is 24.3 Å². The van der Waals surface area contributed by atoms with Crippen LogP contribution in [0.1, 0.15) is 17.7 Å². The number of nitrogens with two attached hydrogens (primary N) is 1. The number of aryl methyl sites for hydroxylation is 1. The van der Waals surface area contributed by atoms with Crippen LogP contribution >= 0.6 is 0 Å². The van der Waals surface area contributed by atoms with Crippen molar-refractivity contribution >= 4 is 23.0 Å². The minimum Gasteiger partial charge on any atom is -0.458 e. The molecule has 4 aromatic rings. The van der Waals surface area contributed by atoms with Gasteiger partial charge in [0.25, 0.3) is 0 Å². The van der Waals surface area contributed by atoms with Crippen LogP contribution in [0.2, 0.25) is 0 Å². The van der Waals surface area contributed by atoms with E-state index in [0.29, 0.717) is 41.7 Å². The summed E-state index contributed by atoms with van der Waals surface area (Å²) in [7, 11) is 0. The van der Waals surface area contributed by atoms with Crippen LogP contribution in [0.4, 0.5) is 21.7 Å². The van der Waals surface area contributed by atoms with Crippen LogP contribution in [0.15, 0.2) is 40.9 Å². The Morgan fingerprint density at radius 3 is 2.94 bits per heavy atom. The van der Waals surface area contributed by atoms with Gasteiger partial charge in [-0.1, -0.05) is 12.1 Å². The molecule has 1 aromatic carbocycles. The van der Waals surface area contributed by atoms with Gasteiger partial charge in [0.2, 0.25) is 11.8 Å². The van der Waals surface area contributed by atoms with Crippen LogP contribution in [-0.4, -0.2) is 38.9 Å². The van der Waals surface area contributed by atoms with E-state index in [1.165, 1.54) is 4.52 Å². The van der Waals surface area contributed by atoms with E-state index in [2.05, 4.69) is 20.4 Å². The van der Waals surface area contributed by atoms with Crippen molar-refractivity contribution in [2.45, 2.75) is 26.1 Å². The molecular formula is C21H21FN6O3. The fourth-order valence-corrected chi connectivity index (χ4v) is 3.48. The monoisotopic (exact) mass is 424 g/mol. The average Bonchev–Trinajstić information content (AvgIpc) is 3.50. The summed E-state index contributed by atoms with van der Waals surface area (Å²) < 4.78 is 33.3. The Balaban J connectivity index is 1.44. The zero-order valence-electron chi connectivity index (χ0n) is 16.8. The van der Waals surface area contributed by atoms with Gasteiger partial charge < -0.3 is 24.9 Å². The molecular weight excluding hydrogens is 403 g/mol. The SMILES string of the molecule is Cc1ccc(-c2nc(N)nc3c(Nc4cccc(COC5CCOC5)c4F)cnn23)o1. The first-order chi connectivity index (χ1) is 15.1. The number of hydrogen-bond donors (Lipinski definition) is 2. The van der Waals surface area contributed by atoms with E-state index in [9.17, 15) is 0 Å². The summed E-state index contributed by atoms with van der Waals surface area (Å²) in [5.74, 6) is 1.31. The molecule has 4 heterocycles. The Morgan fingerprint density at radius 1 is 1.26 bits per heavy atom. The Hall–Kier alpha value is -3.50. The largest absolute Gasteiger partial charge is 0.458 e. The summed E-state index contributed by atoms with van der Waals surface area (Å²) >= 11 is 0. The number of furan rings is 1. The molecule has 31 heavy (non-hydrogen) atoms. The van der Waals surface area contributed by atoms with E-state index in [0.717, 1.165) is 12.2 Å². The maximum atomic E-state index is 15.1. The smallest absolute Gasteiger partial charge is 0.224 e. The average molecular weight is 424 g/mol. The highest BCUT2D eigenvalue weighted by molar-refractivity contribution is 5.75. The summed E-state index contributed by atoms with van der Waals surface area (Å²) in [6, 6.07) is 8.71. The van der Waals surface area contributed by atoms with Crippen LogP contribution in [0, 0.1) is 12.7 Å². The van der Waals surface area contributed by atoms with Crippen LogP contribution in [0.3, 0.4) is 0 Å². The Bertz CT molecular complexity index is 1230. The van der Waals surface area contributed by atoms with Crippen molar-refractivity contribution in [2.24, 2.45) is 0 Å². The minimum atomic E-state index is -0.398. The number of nitrogen functional groups attached to an aromatic ring is 1. The topological polar surface area (TPSA) is 113 Å². The van der Waals surface area contributed by atoms with Crippen molar-refractivity contribution in [1.82, 2.24) is 19.6 Å². The molecule has 1 unspecified atom stereocenters. The minimum absolute atomic E-state index is 0.000957. The highest BCUT2D eigenvalue weighted by Gasteiger charge is 2.19. The summed E-state index contributed by atoms with van der Waals surface area (Å²) in [5.41, 5.74) is 7.54. The Morgan fingerprint density at radius 2 is 2.16 bits per heavy atom. The lowest BCUT2D eigenvalue weighted by atomic mass is 10.2. The van der Waals surface area contributed by atoms with Gasteiger partial charge in [-0.3, -0.25) is 0 Å². The summed E-state index contributed by atoms with van der Waals surface area (Å²) in [6.45, 7) is 3.22. The number of anilines is 3. The molecule has 0 amide bonds. The fourth-order valence-electron chi connectivity index (χ4n) is 3.48. The van der Waals surface area contributed by atoms with Gasteiger partial charge in [-0.2, -0.15) is 19.6 Å². The van der Waals surface area contributed by atoms with Gasteiger partial charge in [0.05, 0.1) is 31.2 Å². The lowest BCUT2D eigenvalue weighted by Gasteiger charge is -2.13. The molecule has 3 N–H and O–H groups in total. The van der Waals surface area contributed by atoms with Crippen molar-refractivity contribution in [1.29, 1.82) is 0 Å². The molecule has 1 atom stereocenters. The summed E-state index contributed by atoms with van der Waals surface area (Å²) in [5, 5.41) is 7.39. The molecule has 0 radical (unpaired) electrons. The third-order valence-corrected chi connectivity index (χ3v) is 5.06. The van der Waals surface area contributed by atoms with Crippen molar-refractivity contribution in [2.75, 3.05) is 24.3 Å². The first-order valence-electron chi connectivity index (χ1n) is 9.90. The van der Waals surface area contributed by atoms with Crippen LogP contribution in [0.5, 0.6) is 0 Å². The highest BCUT2D eigenvalue weighted by atomic mass is 19.1. The van der Waals surface area contributed by atoms with Crippen LogP contribution in [0.25, 0.3) is 17.2 Å². The molecule has 160 valence electrons. The van der Waals surface area contributed by atoms with Gasteiger partial charge in [-0.25, -0.2) is 4.39 Å². The lowest BCUT2D eigenvalue weighted by Crippen LogP contribution is -2.12. The van der Waals surface area contributed by atoms with Gasteiger partial charge >= 0.3 is 0 Å². The van der Waals surface area contributed by atoms with E-state index in [1.54, 1.807) is 30.5 Å². The molecule has 1 saturated heterocycles. The van der Waals surface area contributed by atoms with Gasteiger partial charge in [0.1, 0.15) is 11.4 Å². The van der Waals surface area contributed by atoms with Crippen molar-refractivity contribution in [3.05, 3.63) is 53.7 Å². The van der Waals surface area contributed by atoms with E-state index < -0.39 is 5.82 Å². The number of halogens is 1. The number of fused-ring (bicyclic) bond motifs is 1. The van der Waals surface area contributed by atoms with E-state index in [4.69, 9.17) is 19.6 Å². The van der Waals surface area contributed by atoms with Crippen LogP contribution < -0.4 is 11.1 Å². The normalized spacial score (nSPS) is 16.3. The fraction of sp³-hybridized carbons (Fsp3) is 0.286. The summed E-state index contributed by atoms with van der Waals surface area (Å²) in [4.78, 5) is 8.51. The molecule has 5 rings (SSSR count). The predicted molar refractivity (Wildman–Crippen MR) is 111 cm³/mol. The zero-order chi connectivity index (χ0) is 21.4. The van der Waals surface area contributed by atoms with Gasteiger partial charge in [0.15, 0.2) is 17.2 Å². The molecule has 0 aliphatic carbocycles. The number of ether oxygens (including phenoxy) is 2. The number of rotatable bonds is 6. The maximum Gasteiger partial charge on any atom is 0.224 e. The highest BCUT2D eigenvalue weighted by Crippen LogP contribution is 2.28. The molecule has 0 saturated carbocycles. The quantitative estimate of drug-likeness (QED) is 0.484. The second-order valence-corrected chi connectivity index (χ2v) is 7.31. The third kappa shape index (κ3) is 3.82. The first kappa shape index (κ1) is 19.5. The molecule has 0 spiro atoms. The third-order valence-electron chi connectivity index (χ3n) is 5.06. The van der Waals surface area contributed by atoms with E-state index in [1.807, 2.05) is 13.0 Å². The second-order valence-electron chi connectivity index (χ2n) is 7.31. The molecule has 1 aliphatic heterocycles.